The molecule has 0 saturated carbocycles. The van der Waals surface area contributed by atoms with E-state index in [0.717, 1.165) is 0 Å². The minimum absolute atomic E-state index is 0.159. The maximum absolute atomic E-state index is 11.7. The first-order chi connectivity index (χ1) is 7.85. The van der Waals surface area contributed by atoms with E-state index in [1.165, 1.54) is 0 Å². The van der Waals surface area contributed by atoms with Crippen LogP contribution in [0, 0.1) is 0 Å². The molecule has 0 aromatic carbocycles. The summed E-state index contributed by atoms with van der Waals surface area (Å²) in [4.78, 5) is 21.9. The molecule has 0 aliphatic heterocycles. The van der Waals surface area contributed by atoms with Gasteiger partial charge in [-0.25, -0.2) is 0 Å². The first-order valence-electron chi connectivity index (χ1n) is 5.17. The molecule has 0 unspecified atom stereocenters. The monoisotopic (exact) mass is 256 g/mol. The number of Topliss-reactive ketones (excluding diaryl/α,β-unsaturated/α-hetero) is 1. The molecule has 0 N–H and O–H groups in total. The number of carbonyl (C=O) groups is 2. The standard InChI is InChI=1S/C10H15F3O4/c1-2-17-9(15)6-8(14)7-16-5-3-4-10(11,12)13/h2-7H2,1H3. The van der Waals surface area contributed by atoms with Crippen molar-refractivity contribution in [2.75, 3.05) is 19.8 Å². The number of carbonyl (C=O) groups excluding carboxylic acids is 2. The second-order valence-corrected chi connectivity index (χ2v) is 3.29. The number of ether oxygens (including phenoxy) is 2. The van der Waals surface area contributed by atoms with E-state index < -0.39 is 30.8 Å². The van der Waals surface area contributed by atoms with Gasteiger partial charge in [0.25, 0.3) is 0 Å². The van der Waals surface area contributed by atoms with Crippen LogP contribution in [0.4, 0.5) is 13.2 Å². The molecule has 0 aromatic rings. The van der Waals surface area contributed by atoms with Gasteiger partial charge in [0, 0.05) is 13.0 Å². The van der Waals surface area contributed by atoms with Crippen LogP contribution in [-0.4, -0.2) is 37.7 Å². The molecular formula is C10H15F3O4. The first kappa shape index (κ1) is 15.9. The number of ketones is 1. The summed E-state index contributed by atoms with van der Waals surface area (Å²) in [7, 11) is 0. The van der Waals surface area contributed by atoms with E-state index in [-0.39, 0.29) is 26.2 Å². The molecule has 0 bridgehead atoms. The Balaban J connectivity index is 3.49. The van der Waals surface area contributed by atoms with Crippen LogP contribution in [-0.2, 0) is 19.1 Å². The van der Waals surface area contributed by atoms with Gasteiger partial charge >= 0.3 is 12.1 Å². The van der Waals surface area contributed by atoms with Crippen LogP contribution in [0.3, 0.4) is 0 Å². The highest BCUT2D eigenvalue weighted by molar-refractivity contribution is 5.96. The predicted octanol–water partition coefficient (Wildman–Crippen LogP) is 1.87. The van der Waals surface area contributed by atoms with E-state index in [0.29, 0.717) is 0 Å². The Hall–Kier alpha value is -1.11. The fourth-order valence-corrected chi connectivity index (χ4v) is 0.985. The summed E-state index contributed by atoms with van der Waals surface area (Å²) in [6.45, 7) is 1.26. The molecule has 0 aliphatic carbocycles. The summed E-state index contributed by atoms with van der Waals surface area (Å²) >= 11 is 0. The zero-order valence-electron chi connectivity index (χ0n) is 9.51. The maximum atomic E-state index is 11.7. The Morgan fingerprint density at radius 1 is 1.24 bits per heavy atom. The molecule has 0 radical (unpaired) electrons. The van der Waals surface area contributed by atoms with Crippen molar-refractivity contribution >= 4 is 11.8 Å². The molecule has 0 heterocycles. The normalized spacial score (nSPS) is 11.3. The van der Waals surface area contributed by atoms with Gasteiger partial charge in [0.15, 0.2) is 5.78 Å². The highest BCUT2D eigenvalue weighted by Crippen LogP contribution is 2.20. The minimum Gasteiger partial charge on any atom is -0.466 e. The molecule has 0 rings (SSSR count). The lowest BCUT2D eigenvalue weighted by molar-refractivity contribution is -0.146. The first-order valence-corrected chi connectivity index (χ1v) is 5.17. The molecule has 7 heteroatoms. The van der Waals surface area contributed by atoms with Crippen LogP contribution in [0.25, 0.3) is 0 Å². The zero-order valence-corrected chi connectivity index (χ0v) is 9.51. The van der Waals surface area contributed by atoms with Gasteiger partial charge < -0.3 is 9.47 Å². The quantitative estimate of drug-likeness (QED) is 0.378. The highest BCUT2D eigenvalue weighted by Gasteiger charge is 2.25. The average molecular weight is 256 g/mol. The second-order valence-electron chi connectivity index (χ2n) is 3.29. The third-order valence-corrected chi connectivity index (χ3v) is 1.66. The summed E-state index contributed by atoms with van der Waals surface area (Å²) < 4.78 is 44.4. The summed E-state index contributed by atoms with van der Waals surface area (Å²) in [5.74, 6) is -1.16. The van der Waals surface area contributed by atoms with Crippen LogP contribution in [0.5, 0.6) is 0 Å². The number of hydrogen-bond acceptors (Lipinski definition) is 4. The smallest absolute Gasteiger partial charge is 0.389 e. The molecule has 17 heavy (non-hydrogen) atoms. The van der Waals surface area contributed by atoms with E-state index in [1.807, 2.05) is 0 Å². The average Bonchev–Trinajstić information content (AvgIpc) is 2.15. The molecule has 0 aliphatic rings. The third kappa shape index (κ3) is 11.2. The fourth-order valence-electron chi connectivity index (χ4n) is 0.985. The van der Waals surface area contributed by atoms with Gasteiger partial charge in [-0.05, 0) is 13.3 Å². The van der Waals surface area contributed by atoms with Gasteiger partial charge in [0.1, 0.15) is 13.0 Å². The van der Waals surface area contributed by atoms with Crippen LogP contribution in [0.15, 0.2) is 0 Å². The summed E-state index contributed by atoms with van der Waals surface area (Å²) in [6, 6.07) is 0. The Kier molecular flexibility index (Phi) is 7.53. The minimum atomic E-state index is -4.21. The van der Waals surface area contributed by atoms with Gasteiger partial charge in [0.05, 0.1) is 6.61 Å². The van der Waals surface area contributed by atoms with E-state index in [1.54, 1.807) is 6.92 Å². The van der Waals surface area contributed by atoms with Crippen molar-refractivity contribution in [1.29, 1.82) is 0 Å². The lowest BCUT2D eigenvalue weighted by Gasteiger charge is -2.06. The number of alkyl halides is 3. The Labute approximate surface area is 97.1 Å². The van der Waals surface area contributed by atoms with Crippen LogP contribution in [0.1, 0.15) is 26.2 Å². The molecule has 0 atom stereocenters. The van der Waals surface area contributed by atoms with Crippen molar-refractivity contribution in [3.8, 4) is 0 Å². The number of halogens is 3. The summed E-state index contributed by atoms with van der Waals surface area (Å²) in [5.41, 5.74) is 0. The Morgan fingerprint density at radius 2 is 1.88 bits per heavy atom. The van der Waals surface area contributed by atoms with Crippen molar-refractivity contribution in [3.05, 3.63) is 0 Å². The summed E-state index contributed by atoms with van der Waals surface area (Å²) in [6.07, 6.45) is -5.76. The highest BCUT2D eigenvalue weighted by atomic mass is 19.4. The maximum Gasteiger partial charge on any atom is 0.389 e. The number of esters is 1. The Bertz CT molecular complexity index is 250. The van der Waals surface area contributed by atoms with Gasteiger partial charge in [-0.15, -0.1) is 0 Å². The molecule has 100 valence electrons. The number of rotatable bonds is 8. The van der Waals surface area contributed by atoms with Crippen LogP contribution >= 0.6 is 0 Å². The predicted molar refractivity (Wildman–Crippen MR) is 52.4 cm³/mol. The SMILES string of the molecule is CCOC(=O)CC(=O)COCCCC(F)(F)F. The largest absolute Gasteiger partial charge is 0.466 e. The van der Waals surface area contributed by atoms with Gasteiger partial charge in [-0.2, -0.15) is 13.2 Å². The van der Waals surface area contributed by atoms with Crippen molar-refractivity contribution in [3.63, 3.8) is 0 Å². The van der Waals surface area contributed by atoms with Crippen LogP contribution in [0.2, 0.25) is 0 Å². The second kappa shape index (κ2) is 8.05. The molecule has 0 amide bonds. The van der Waals surface area contributed by atoms with Crippen molar-refractivity contribution in [1.82, 2.24) is 0 Å². The van der Waals surface area contributed by atoms with Gasteiger partial charge in [-0.1, -0.05) is 0 Å². The van der Waals surface area contributed by atoms with Gasteiger partial charge in [0.2, 0.25) is 0 Å². The lowest BCUT2D eigenvalue weighted by atomic mass is 10.3. The lowest BCUT2D eigenvalue weighted by Crippen LogP contribution is -2.17. The van der Waals surface area contributed by atoms with Crippen LogP contribution < -0.4 is 0 Å². The molecule has 0 saturated heterocycles. The van der Waals surface area contributed by atoms with E-state index >= 15 is 0 Å². The molecular weight excluding hydrogens is 241 g/mol. The van der Waals surface area contributed by atoms with Gasteiger partial charge in [-0.3, -0.25) is 9.59 Å². The summed E-state index contributed by atoms with van der Waals surface area (Å²) in [5, 5.41) is 0. The van der Waals surface area contributed by atoms with E-state index in [9.17, 15) is 22.8 Å². The van der Waals surface area contributed by atoms with E-state index in [4.69, 9.17) is 4.74 Å². The Morgan fingerprint density at radius 3 is 2.41 bits per heavy atom. The topological polar surface area (TPSA) is 52.6 Å². The fraction of sp³-hybridized carbons (Fsp3) is 0.800. The van der Waals surface area contributed by atoms with Crippen molar-refractivity contribution < 1.29 is 32.2 Å². The molecule has 0 fully saturated rings. The molecule has 4 nitrogen and oxygen atoms in total. The third-order valence-electron chi connectivity index (χ3n) is 1.66. The van der Waals surface area contributed by atoms with Crippen molar-refractivity contribution in [2.45, 2.75) is 32.4 Å². The number of hydrogen-bond donors (Lipinski definition) is 0. The van der Waals surface area contributed by atoms with E-state index in [2.05, 4.69) is 4.74 Å². The van der Waals surface area contributed by atoms with Crippen molar-refractivity contribution in [2.24, 2.45) is 0 Å². The molecule has 0 spiro atoms. The molecule has 0 aromatic heterocycles. The zero-order chi connectivity index (χ0) is 13.3.